The van der Waals surface area contributed by atoms with Crippen LogP contribution in [0, 0.1) is 12.7 Å². The van der Waals surface area contributed by atoms with Crippen molar-refractivity contribution in [3.8, 4) is 33.9 Å². The number of nitrogens with one attached hydrogen (secondary N) is 2. The van der Waals surface area contributed by atoms with E-state index in [-0.39, 0.29) is 5.82 Å². The molecule has 2 N–H and O–H groups in total. The number of nitrogens with zero attached hydrogens (tertiary/aromatic N) is 5. The van der Waals surface area contributed by atoms with E-state index in [1.807, 2.05) is 63.7 Å². The highest BCUT2D eigenvalue weighted by molar-refractivity contribution is 5.99. The number of hydrogen-bond donors (Lipinski definition) is 2. The molecule has 0 radical (unpaired) electrons. The zero-order valence-corrected chi connectivity index (χ0v) is 20.2. The molecule has 178 valence electrons. The van der Waals surface area contributed by atoms with Crippen LogP contribution in [0.4, 0.5) is 4.39 Å². The number of aromatic nitrogens is 6. The Labute approximate surface area is 207 Å². The van der Waals surface area contributed by atoms with Crippen molar-refractivity contribution in [2.75, 3.05) is 14.1 Å². The molecule has 36 heavy (non-hydrogen) atoms. The number of aryl methyl sites for hydroxylation is 1. The summed E-state index contributed by atoms with van der Waals surface area (Å²) >= 11 is 0. The highest BCUT2D eigenvalue weighted by Crippen LogP contribution is 2.33. The molecule has 0 amide bonds. The number of aromatic amines is 2. The fraction of sp³-hybridized carbons (Fsp3) is 0.143. The van der Waals surface area contributed by atoms with Gasteiger partial charge >= 0.3 is 0 Å². The fourth-order valence-corrected chi connectivity index (χ4v) is 4.61. The fourth-order valence-electron chi connectivity index (χ4n) is 4.61. The topological polar surface area (TPSA) is 86.4 Å². The van der Waals surface area contributed by atoms with Crippen molar-refractivity contribution in [2.45, 2.75) is 13.5 Å². The Bertz CT molecular complexity index is 1710. The summed E-state index contributed by atoms with van der Waals surface area (Å²) in [5.41, 5.74) is 9.20. The predicted octanol–water partition coefficient (Wildman–Crippen LogP) is 5.74. The Balaban J connectivity index is 1.45. The van der Waals surface area contributed by atoms with E-state index in [4.69, 9.17) is 4.98 Å². The first kappa shape index (κ1) is 22.1. The lowest BCUT2D eigenvalue weighted by molar-refractivity contribution is 0.402. The Morgan fingerprint density at radius 2 is 1.81 bits per heavy atom. The van der Waals surface area contributed by atoms with Gasteiger partial charge in [0.25, 0.3) is 0 Å². The summed E-state index contributed by atoms with van der Waals surface area (Å²) in [6.07, 6.45) is 5.43. The molecular weight excluding hydrogens is 453 g/mol. The van der Waals surface area contributed by atoms with Crippen LogP contribution in [0.5, 0.6) is 0 Å². The molecule has 0 aliphatic carbocycles. The zero-order valence-electron chi connectivity index (χ0n) is 20.2. The van der Waals surface area contributed by atoms with Crippen molar-refractivity contribution in [1.82, 2.24) is 35.0 Å². The number of hydrogen-bond acceptors (Lipinski definition) is 5. The lowest BCUT2D eigenvalue weighted by Crippen LogP contribution is -2.10. The predicted molar refractivity (Wildman–Crippen MR) is 140 cm³/mol. The van der Waals surface area contributed by atoms with Crippen LogP contribution in [-0.2, 0) is 6.54 Å². The average molecular weight is 478 g/mol. The summed E-state index contributed by atoms with van der Waals surface area (Å²) in [4.78, 5) is 19.5. The molecule has 1 aromatic carbocycles. The molecule has 0 saturated carbocycles. The van der Waals surface area contributed by atoms with Gasteiger partial charge in [-0.15, -0.1) is 0 Å². The van der Waals surface area contributed by atoms with E-state index in [1.165, 1.54) is 12.1 Å². The highest BCUT2D eigenvalue weighted by Gasteiger charge is 2.16. The van der Waals surface area contributed by atoms with Gasteiger partial charge in [-0.2, -0.15) is 5.10 Å². The highest BCUT2D eigenvalue weighted by atomic mass is 19.1. The van der Waals surface area contributed by atoms with Crippen LogP contribution in [0.2, 0.25) is 0 Å². The van der Waals surface area contributed by atoms with Gasteiger partial charge in [0.05, 0.1) is 22.6 Å². The number of pyridine rings is 3. The van der Waals surface area contributed by atoms with Gasteiger partial charge in [-0.05, 0) is 80.7 Å². The van der Waals surface area contributed by atoms with Crippen LogP contribution >= 0.6 is 0 Å². The van der Waals surface area contributed by atoms with E-state index >= 15 is 0 Å². The second-order valence-electron chi connectivity index (χ2n) is 9.31. The largest absolute Gasteiger partial charge is 0.353 e. The average Bonchev–Trinajstić information content (AvgIpc) is 3.46. The third kappa shape index (κ3) is 4.01. The summed E-state index contributed by atoms with van der Waals surface area (Å²) in [5, 5.41) is 8.54. The zero-order chi connectivity index (χ0) is 24.8. The molecule has 0 aliphatic heterocycles. The van der Waals surface area contributed by atoms with E-state index < -0.39 is 0 Å². The monoisotopic (exact) mass is 477 g/mol. The number of halogens is 1. The lowest BCUT2D eigenvalue weighted by atomic mass is 10.0. The van der Waals surface area contributed by atoms with Gasteiger partial charge in [-0.3, -0.25) is 15.1 Å². The van der Waals surface area contributed by atoms with Crippen LogP contribution < -0.4 is 0 Å². The summed E-state index contributed by atoms with van der Waals surface area (Å²) in [6, 6.07) is 14.9. The SMILES string of the molecule is Cc1cc(F)cc(-c2nccc3[nH]c(-c4n[nH]c5ccc(-c6cncc(CN(C)C)c6)nc45)cc23)c1. The first-order valence-electron chi connectivity index (χ1n) is 11.6. The van der Waals surface area contributed by atoms with Crippen LogP contribution in [0.15, 0.2) is 67.1 Å². The minimum absolute atomic E-state index is 0.279. The van der Waals surface area contributed by atoms with E-state index in [0.717, 1.165) is 67.8 Å². The molecule has 0 unspecified atom stereocenters. The van der Waals surface area contributed by atoms with Crippen molar-refractivity contribution >= 4 is 21.9 Å². The Morgan fingerprint density at radius 3 is 2.64 bits per heavy atom. The first-order valence-corrected chi connectivity index (χ1v) is 11.6. The molecule has 0 spiro atoms. The molecule has 0 atom stereocenters. The summed E-state index contributed by atoms with van der Waals surface area (Å²) in [6.45, 7) is 2.68. The first-order chi connectivity index (χ1) is 17.4. The normalized spacial score (nSPS) is 11.7. The van der Waals surface area contributed by atoms with Gasteiger partial charge in [0.2, 0.25) is 0 Å². The Hall–Kier alpha value is -4.43. The van der Waals surface area contributed by atoms with Gasteiger partial charge in [0, 0.05) is 47.2 Å². The molecule has 8 heteroatoms. The minimum Gasteiger partial charge on any atom is -0.353 e. The molecule has 6 rings (SSSR count). The third-order valence-electron chi connectivity index (χ3n) is 6.12. The molecule has 6 aromatic rings. The maximum atomic E-state index is 14.1. The second kappa shape index (κ2) is 8.66. The van der Waals surface area contributed by atoms with Crippen LogP contribution in [0.1, 0.15) is 11.1 Å². The molecule has 5 heterocycles. The summed E-state index contributed by atoms with van der Waals surface area (Å²) in [5.74, 6) is -0.279. The van der Waals surface area contributed by atoms with Crippen LogP contribution in [0.3, 0.4) is 0 Å². The molecule has 5 aromatic heterocycles. The Kier molecular flexibility index (Phi) is 5.30. The molecule has 0 bridgehead atoms. The maximum Gasteiger partial charge on any atom is 0.135 e. The van der Waals surface area contributed by atoms with Crippen LogP contribution in [-0.4, -0.2) is 49.1 Å². The summed E-state index contributed by atoms with van der Waals surface area (Å²) < 4.78 is 14.1. The number of benzene rings is 1. The lowest BCUT2D eigenvalue weighted by Gasteiger charge is -2.10. The van der Waals surface area contributed by atoms with Gasteiger partial charge in [0.15, 0.2) is 0 Å². The molecule has 0 aliphatic rings. The molecule has 0 fully saturated rings. The quantitative estimate of drug-likeness (QED) is 0.331. The van der Waals surface area contributed by atoms with Crippen molar-refractivity contribution in [1.29, 1.82) is 0 Å². The van der Waals surface area contributed by atoms with E-state index in [1.54, 1.807) is 6.20 Å². The van der Waals surface area contributed by atoms with Crippen molar-refractivity contribution < 1.29 is 4.39 Å². The molecular formula is C28H24FN7. The van der Waals surface area contributed by atoms with Gasteiger partial charge in [0.1, 0.15) is 17.0 Å². The van der Waals surface area contributed by atoms with E-state index in [9.17, 15) is 4.39 Å². The minimum atomic E-state index is -0.279. The van der Waals surface area contributed by atoms with Crippen molar-refractivity contribution in [2.24, 2.45) is 0 Å². The van der Waals surface area contributed by atoms with Crippen molar-refractivity contribution in [3.63, 3.8) is 0 Å². The smallest absolute Gasteiger partial charge is 0.135 e. The summed E-state index contributed by atoms with van der Waals surface area (Å²) in [7, 11) is 4.07. The van der Waals surface area contributed by atoms with E-state index in [0.29, 0.717) is 5.69 Å². The second-order valence-corrected chi connectivity index (χ2v) is 9.31. The molecule has 7 nitrogen and oxygen atoms in total. The van der Waals surface area contributed by atoms with Gasteiger partial charge < -0.3 is 9.88 Å². The van der Waals surface area contributed by atoms with Gasteiger partial charge in [-0.1, -0.05) is 0 Å². The van der Waals surface area contributed by atoms with Gasteiger partial charge in [-0.25, -0.2) is 9.37 Å². The number of H-pyrrole nitrogens is 2. The maximum absolute atomic E-state index is 14.1. The molecule has 0 saturated heterocycles. The Morgan fingerprint density at radius 1 is 0.917 bits per heavy atom. The number of rotatable bonds is 5. The third-order valence-corrected chi connectivity index (χ3v) is 6.12. The standard InChI is InChI=1S/C28H24FN7/c1-16-8-18(11-20(29)9-16)26-21-12-25(32-23(21)6-7-31-26)28-27-24(34-35-28)5-4-22(33-27)19-10-17(13-30-14-19)15-36(2)3/h4-14,32H,15H2,1-3H3,(H,34,35). The number of fused-ring (bicyclic) bond motifs is 2. The van der Waals surface area contributed by atoms with E-state index in [2.05, 4.69) is 36.1 Å². The van der Waals surface area contributed by atoms with Crippen molar-refractivity contribution in [3.05, 3.63) is 84.1 Å². The van der Waals surface area contributed by atoms with Crippen LogP contribution in [0.25, 0.3) is 55.8 Å².